The van der Waals surface area contributed by atoms with E-state index in [9.17, 15) is 18.4 Å². The third kappa shape index (κ3) is 4.05. The molecule has 0 radical (unpaired) electrons. The highest BCUT2D eigenvalue weighted by Gasteiger charge is 2.29. The number of nitrogens with one attached hydrogen (secondary N) is 1. The van der Waals surface area contributed by atoms with Crippen LogP contribution in [0.3, 0.4) is 0 Å². The van der Waals surface area contributed by atoms with Crippen molar-refractivity contribution in [1.82, 2.24) is 19.9 Å². The van der Waals surface area contributed by atoms with Crippen molar-refractivity contribution in [2.24, 2.45) is 5.92 Å². The number of benzene rings is 2. The Bertz CT molecular complexity index is 1060. The molecule has 4 rings (SSSR count). The normalized spacial score (nSPS) is 14.5. The predicted octanol–water partition coefficient (Wildman–Crippen LogP) is 3.04. The Kier molecular flexibility index (Phi) is 5.51. The van der Waals surface area contributed by atoms with Crippen LogP contribution in [-0.2, 0) is 4.79 Å². The second-order valence-electron chi connectivity index (χ2n) is 7.04. The Morgan fingerprint density at radius 3 is 2.53 bits per heavy atom. The molecule has 0 aliphatic carbocycles. The summed E-state index contributed by atoms with van der Waals surface area (Å²) >= 11 is 0. The van der Waals surface area contributed by atoms with Gasteiger partial charge in [0.1, 0.15) is 11.6 Å². The molecule has 154 valence electrons. The number of aromatic nitrogens is 3. The first kappa shape index (κ1) is 19.7. The topological polar surface area (TPSA) is 80.1 Å². The van der Waals surface area contributed by atoms with Crippen molar-refractivity contribution in [2.45, 2.75) is 12.8 Å². The number of rotatable bonds is 4. The molecule has 0 bridgehead atoms. The molecule has 1 aliphatic rings. The predicted molar refractivity (Wildman–Crippen MR) is 105 cm³/mol. The molecule has 1 aromatic heterocycles. The van der Waals surface area contributed by atoms with Crippen molar-refractivity contribution >= 4 is 17.5 Å². The molecule has 2 amide bonds. The number of piperidine rings is 1. The number of hydrogen-bond donors (Lipinski definition) is 1. The maximum atomic E-state index is 13.9. The van der Waals surface area contributed by atoms with Gasteiger partial charge >= 0.3 is 0 Å². The van der Waals surface area contributed by atoms with Crippen molar-refractivity contribution in [3.05, 3.63) is 72.1 Å². The fourth-order valence-electron chi connectivity index (χ4n) is 3.53. The molecule has 7 nitrogen and oxygen atoms in total. The maximum absolute atomic E-state index is 13.9. The highest BCUT2D eigenvalue weighted by Crippen LogP contribution is 2.24. The number of para-hydroxylation sites is 2. The minimum atomic E-state index is -0.885. The van der Waals surface area contributed by atoms with E-state index in [1.165, 1.54) is 4.90 Å². The van der Waals surface area contributed by atoms with E-state index in [4.69, 9.17) is 0 Å². The monoisotopic (exact) mass is 411 g/mol. The van der Waals surface area contributed by atoms with E-state index in [1.54, 1.807) is 23.1 Å². The Morgan fingerprint density at radius 2 is 1.83 bits per heavy atom. The van der Waals surface area contributed by atoms with Gasteiger partial charge in [0.25, 0.3) is 5.91 Å². The van der Waals surface area contributed by atoms with Gasteiger partial charge in [0.2, 0.25) is 5.91 Å². The molecule has 0 saturated carbocycles. The van der Waals surface area contributed by atoms with Crippen LogP contribution in [0.5, 0.6) is 0 Å². The molecule has 2 heterocycles. The molecule has 9 heteroatoms. The summed E-state index contributed by atoms with van der Waals surface area (Å²) in [7, 11) is 0. The van der Waals surface area contributed by atoms with Crippen LogP contribution in [0.1, 0.15) is 23.2 Å². The summed E-state index contributed by atoms with van der Waals surface area (Å²) in [6.07, 6.45) is 4.14. The second-order valence-corrected chi connectivity index (χ2v) is 7.04. The lowest BCUT2D eigenvalue weighted by Gasteiger charge is -2.31. The number of hydrogen-bond acceptors (Lipinski definition) is 4. The standard InChI is InChI=1S/C21H19F2N5O2/c22-15-5-6-16(17(23)13-15)21(30)27-10-7-14(8-11-27)20(29)25-18-3-1-2-4-19(18)28-12-9-24-26-28/h1-6,9,12-14H,7-8,10-11H2,(H,25,29). The van der Waals surface area contributed by atoms with Crippen molar-refractivity contribution < 1.29 is 18.4 Å². The molecule has 0 spiro atoms. The van der Waals surface area contributed by atoms with Gasteiger partial charge < -0.3 is 10.2 Å². The van der Waals surface area contributed by atoms with Crippen molar-refractivity contribution in [3.63, 3.8) is 0 Å². The first-order chi connectivity index (χ1) is 14.5. The van der Waals surface area contributed by atoms with Gasteiger partial charge in [-0.3, -0.25) is 9.59 Å². The minimum Gasteiger partial charge on any atom is -0.339 e. The quantitative estimate of drug-likeness (QED) is 0.716. The first-order valence-corrected chi connectivity index (χ1v) is 9.54. The average Bonchev–Trinajstić information content (AvgIpc) is 3.28. The largest absolute Gasteiger partial charge is 0.339 e. The lowest BCUT2D eigenvalue weighted by Crippen LogP contribution is -2.41. The number of anilines is 1. The Labute approximate surface area is 171 Å². The van der Waals surface area contributed by atoms with E-state index < -0.39 is 17.5 Å². The van der Waals surface area contributed by atoms with E-state index in [2.05, 4.69) is 15.6 Å². The summed E-state index contributed by atoms with van der Waals surface area (Å²) in [6.45, 7) is 0.636. The van der Waals surface area contributed by atoms with Crippen LogP contribution in [0, 0.1) is 17.6 Å². The Hall–Kier alpha value is -3.62. The summed E-state index contributed by atoms with van der Waals surface area (Å²) in [4.78, 5) is 26.8. The van der Waals surface area contributed by atoms with Crippen LogP contribution < -0.4 is 5.32 Å². The summed E-state index contributed by atoms with van der Waals surface area (Å²) in [5, 5.41) is 10.7. The third-order valence-corrected chi connectivity index (χ3v) is 5.15. The fraction of sp³-hybridized carbons (Fsp3) is 0.238. The molecule has 0 unspecified atom stereocenters. The van der Waals surface area contributed by atoms with Crippen LogP contribution in [0.4, 0.5) is 14.5 Å². The summed E-state index contributed by atoms with van der Waals surface area (Å²) in [5.41, 5.74) is 1.14. The summed E-state index contributed by atoms with van der Waals surface area (Å²) < 4.78 is 28.5. The minimum absolute atomic E-state index is 0.150. The number of amides is 2. The molecule has 0 atom stereocenters. The summed E-state index contributed by atoms with van der Waals surface area (Å²) in [5.74, 6) is -2.54. The van der Waals surface area contributed by atoms with E-state index in [0.29, 0.717) is 43.4 Å². The van der Waals surface area contributed by atoms with Gasteiger partial charge in [0.05, 0.1) is 29.3 Å². The van der Waals surface area contributed by atoms with Crippen LogP contribution in [0.2, 0.25) is 0 Å². The highest BCUT2D eigenvalue weighted by atomic mass is 19.1. The maximum Gasteiger partial charge on any atom is 0.256 e. The van der Waals surface area contributed by atoms with Gasteiger partial charge in [-0.25, -0.2) is 13.5 Å². The van der Waals surface area contributed by atoms with Crippen LogP contribution in [0.25, 0.3) is 5.69 Å². The molecule has 1 saturated heterocycles. The van der Waals surface area contributed by atoms with Gasteiger partial charge in [0.15, 0.2) is 0 Å². The molecule has 2 aromatic carbocycles. The second kappa shape index (κ2) is 8.40. The van der Waals surface area contributed by atoms with Crippen LogP contribution in [-0.4, -0.2) is 44.8 Å². The molecule has 30 heavy (non-hydrogen) atoms. The van der Waals surface area contributed by atoms with E-state index >= 15 is 0 Å². The van der Waals surface area contributed by atoms with E-state index in [-0.39, 0.29) is 17.4 Å². The van der Waals surface area contributed by atoms with Crippen LogP contribution in [0.15, 0.2) is 54.9 Å². The van der Waals surface area contributed by atoms with Gasteiger partial charge in [-0.2, -0.15) is 0 Å². The molecule has 1 aliphatic heterocycles. The molecule has 1 N–H and O–H groups in total. The first-order valence-electron chi connectivity index (χ1n) is 9.54. The molecular weight excluding hydrogens is 392 g/mol. The van der Waals surface area contributed by atoms with E-state index in [1.807, 2.05) is 18.2 Å². The zero-order valence-corrected chi connectivity index (χ0v) is 16.0. The molecule has 3 aromatic rings. The van der Waals surface area contributed by atoms with Crippen molar-refractivity contribution in [2.75, 3.05) is 18.4 Å². The highest BCUT2D eigenvalue weighted by molar-refractivity contribution is 5.96. The lowest BCUT2D eigenvalue weighted by atomic mass is 9.95. The number of carbonyl (C=O) groups excluding carboxylic acids is 2. The Balaban J connectivity index is 1.39. The van der Waals surface area contributed by atoms with Gasteiger partial charge in [-0.1, -0.05) is 17.3 Å². The number of nitrogens with zero attached hydrogens (tertiary/aromatic N) is 4. The lowest BCUT2D eigenvalue weighted by molar-refractivity contribution is -0.121. The van der Waals surface area contributed by atoms with Crippen molar-refractivity contribution in [1.29, 1.82) is 0 Å². The van der Waals surface area contributed by atoms with Crippen molar-refractivity contribution in [3.8, 4) is 5.69 Å². The molecule has 1 fully saturated rings. The fourth-order valence-corrected chi connectivity index (χ4v) is 3.53. The van der Waals surface area contributed by atoms with Crippen LogP contribution >= 0.6 is 0 Å². The average molecular weight is 411 g/mol. The summed E-state index contributed by atoms with van der Waals surface area (Å²) in [6, 6.07) is 10.2. The number of halogens is 2. The zero-order valence-electron chi connectivity index (χ0n) is 16.0. The zero-order chi connectivity index (χ0) is 21.1. The SMILES string of the molecule is O=C(Nc1ccccc1-n1ccnn1)C1CCN(C(=O)c2ccc(F)cc2F)CC1. The van der Waals surface area contributed by atoms with Gasteiger partial charge in [-0.15, -0.1) is 5.10 Å². The number of likely N-dealkylation sites (tertiary alicyclic amines) is 1. The Morgan fingerprint density at radius 1 is 1.07 bits per heavy atom. The van der Waals surface area contributed by atoms with E-state index in [0.717, 1.165) is 12.1 Å². The third-order valence-electron chi connectivity index (χ3n) is 5.15. The number of carbonyl (C=O) groups is 2. The van der Waals surface area contributed by atoms with Gasteiger partial charge in [0, 0.05) is 25.1 Å². The molecular formula is C21H19F2N5O2. The van der Waals surface area contributed by atoms with Gasteiger partial charge in [-0.05, 0) is 37.1 Å². The smallest absolute Gasteiger partial charge is 0.256 e.